The number of carbonyl (C=O) groups is 1. The predicted molar refractivity (Wildman–Crippen MR) is 104 cm³/mol. The monoisotopic (exact) mass is 387 g/mol. The summed E-state index contributed by atoms with van der Waals surface area (Å²) in [6.45, 7) is 4.29. The van der Waals surface area contributed by atoms with Crippen molar-refractivity contribution in [3.8, 4) is 5.69 Å². The first-order valence-electron chi connectivity index (χ1n) is 8.10. The van der Waals surface area contributed by atoms with Crippen molar-refractivity contribution in [2.75, 3.05) is 11.1 Å². The Morgan fingerprint density at radius 2 is 1.92 bits per heavy atom. The Hall–Kier alpha value is -2.38. The number of rotatable bonds is 6. The number of para-hydroxylation sites is 1. The molecule has 0 spiro atoms. The van der Waals surface area contributed by atoms with Gasteiger partial charge in [0, 0.05) is 0 Å². The standard InChI is InChI=1S/C18H18ClN5OS/c1-12(2)13-7-9-14(10-8-13)24-18(21-22-23-24)26-11-17(25)20-16-6-4-3-5-15(16)19/h3-10,12H,11H2,1-2H3,(H,20,25). The number of halogens is 1. The van der Waals surface area contributed by atoms with Gasteiger partial charge in [-0.1, -0.05) is 61.5 Å². The second-order valence-electron chi connectivity index (χ2n) is 5.94. The van der Waals surface area contributed by atoms with Crippen LogP contribution in [0.3, 0.4) is 0 Å². The summed E-state index contributed by atoms with van der Waals surface area (Å²) in [5, 5.41) is 15.6. The zero-order valence-electron chi connectivity index (χ0n) is 14.4. The van der Waals surface area contributed by atoms with Gasteiger partial charge in [0.05, 0.1) is 22.2 Å². The van der Waals surface area contributed by atoms with Crippen LogP contribution in [0.15, 0.2) is 53.7 Å². The van der Waals surface area contributed by atoms with Gasteiger partial charge in [0.25, 0.3) is 0 Å². The molecule has 0 saturated carbocycles. The first kappa shape index (κ1) is 18.4. The molecule has 1 N–H and O–H groups in total. The molecule has 0 aliphatic rings. The van der Waals surface area contributed by atoms with E-state index in [1.54, 1.807) is 16.8 Å². The van der Waals surface area contributed by atoms with Crippen LogP contribution in [-0.4, -0.2) is 31.9 Å². The van der Waals surface area contributed by atoms with E-state index in [1.165, 1.54) is 17.3 Å². The summed E-state index contributed by atoms with van der Waals surface area (Å²) in [6.07, 6.45) is 0. The number of amides is 1. The van der Waals surface area contributed by atoms with E-state index in [4.69, 9.17) is 11.6 Å². The lowest BCUT2D eigenvalue weighted by atomic mass is 10.0. The lowest BCUT2D eigenvalue weighted by Crippen LogP contribution is -2.14. The summed E-state index contributed by atoms with van der Waals surface area (Å²) < 4.78 is 1.62. The summed E-state index contributed by atoms with van der Waals surface area (Å²) in [7, 11) is 0. The van der Waals surface area contributed by atoms with E-state index in [9.17, 15) is 4.79 Å². The number of hydrogen-bond donors (Lipinski definition) is 1. The molecule has 1 amide bonds. The summed E-state index contributed by atoms with van der Waals surface area (Å²) in [5.41, 5.74) is 2.69. The molecule has 1 heterocycles. The van der Waals surface area contributed by atoms with E-state index < -0.39 is 0 Å². The summed E-state index contributed by atoms with van der Waals surface area (Å²) in [5.74, 6) is 0.462. The van der Waals surface area contributed by atoms with Gasteiger partial charge in [-0.05, 0) is 46.2 Å². The van der Waals surface area contributed by atoms with Crippen molar-refractivity contribution in [1.82, 2.24) is 20.2 Å². The molecule has 0 saturated heterocycles. The van der Waals surface area contributed by atoms with E-state index in [0.717, 1.165) is 5.69 Å². The molecule has 0 radical (unpaired) electrons. The highest BCUT2D eigenvalue weighted by molar-refractivity contribution is 7.99. The number of nitrogens with one attached hydrogen (secondary N) is 1. The molecule has 6 nitrogen and oxygen atoms in total. The number of tetrazole rings is 1. The van der Waals surface area contributed by atoms with Crippen molar-refractivity contribution in [3.63, 3.8) is 0 Å². The smallest absolute Gasteiger partial charge is 0.234 e. The number of carbonyl (C=O) groups excluding carboxylic acids is 1. The van der Waals surface area contributed by atoms with Gasteiger partial charge >= 0.3 is 0 Å². The molecule has 26 heavy (non-hydrogen) atoms. The highest BCUT2D eigenvalue weighted by atomic mass is 35.5. The maximum absolute atomic E-state index is 12.2. The third kappa shape index (κ3) is 4.42. The van der Waals surface area contributed by atoms with Crippen molar-refractivity contribution in [1.29, 1.82) is 0 Å². The van der Waals surface area contributed by atoms with Crippen LogP contribution in [0.4, 0.5) is 5.69 Å². The van der Waals surface area contributed by atoms with Crippen LogP contribution in [-0.2, 0) is 4.79 Å². The zero-order valence-corrected chi connectivity index (χ0v) is 16.0. The first-order chi connectivity index (χ1) is 12.5. The van der Waals surface area contributed by atoms with E-state index in [-0.39, 0.29) is 11.7 Å². The Kier molecular flexibility index (Phi) is 5.90. The predicted octanol–water partition coefficient (Wildman–Crippen LogP) is 4.17. The molecule has 2 aromatic carbocycles. The van der Waals surface area contributed by atoms with Crippen LogP contribution in [0.1, 0.15) is 25.3 Å². The third-order valence-electron chi connectivity index (χ3n) is 3.73. The molecule has 0 aliphatic heterocycles. The second kappa shape index (κ2) is 8.33. The van der Waals surface area contributed by atoms with Crippen LogP contribution in [0.5, 0.6) is 0 Å². The number of thioether (sulfide) groups is 1. The van der Waals surface area contributed by atoms with Gasteiger partial charge in [0.2, 0.25) is 11.1 Å². The Balaban J connectivity index is 1.65. The van der Waals surface area contributed by atoms with E-state index in [1.807, 2.05) is 24.3 Å². The molecule has 0 fully saturated rings. The fourth-order valence-electron chi connectivity index (χ4n) is 2.31. The Bertz CT molecular complexity index is 895. The molecule has 3 aromatic rings. The Labute approximate surface area is 160 Å². The molecule has 134 valence electrons. The molecule has 8 heteroatoms. The lowest BCUT2D eigenvalue weighted by molar-refractivity contribution is -0.113. The average Bonchev–Trinajstić information content (AvgIpc) is 3.10. The van der Waals surface area contributed by atoms with Gasteiger partial charge in [0.15, 0.2) is 0 Å². The molecule has 0 unspecified atom stereocenters. The first-order valence-corrected chi connectivity index (χ1v) is 9.47. The van der Waals surface area contributed by atoms with E-state index in [0.29, 0.717) is 21.8 Å². The van der Waals surface area contributed by atoms with Crippen molar-refractivity contribution < 1.29 is 4.79 Å². The van der Waals surface area contributed by atoms with Gasteiger partial charge in [-0.2, -0.15) is 4.68 Å². The van der Waals surface area contributed by atoms with Crippen LogP contribution in [0.2, 0.25) is 5.02 Å². The fourth-order valence-corrected chi connectivity index (χ4v) is 3.18. The molecule has 1 aromatic heterocycles. The topological polar surface area (TPSA) is 72.7 Å². The number of hydrogen-bond acceptors (Lipinski definition) is 5. The minimum Gasteiger partial charge on any atom is -0.324 e. The summed E-state index contributed by atoms with van der Waals surface area (Å²) >= 11 is 7.31. The van der Waals surface area contributed by atoms with E-state index in [2.05, 4.69) is 46.8 Å². The second-order valence-corrected chi connectivity index (χ2v) is 7.29. The molecular formula is C18H18ClN5OS. The zero-order chi connectivity index (χ0) is 18.5. The molecule has 0 atom stereocenters. The van der Waals surface area contributed by atoms with Crippen LogP contribution in [0.25, 0.3) is 5.69 Å². The van der Waals surface area contributed by atoms with Crippen LogP contribution in [0, 0.1) is 0 Å². The molecule has 0 aliphatic carbocycles. The van der Waals surface area contributed by atoms with Gasteiger partial charge in [-0.25, -0.2) is 0 Å². The minimum absolute atomic E-state index is 0.173. The third-order valence-corrected chi connectivity index (χ3v) is 4.97. The SMILES string of the molecule is CC(C)c1ccc(-n2nnnc2SCC(=O)Nc2ccccc2Cl)cc1. The van der Waals surface area contributed by atoms with Crippen molar-refractivity contribution >= 4 is 35.0 Å². The molecule has 0 bridgehead atoms. The highest BCUT2D eigenvalue weighted by Gasteiger charge is 2.13. The van der Waals surface area contributed by atoms with E-state index >= 15 is 0 Å². The molecular weight excluding hydrogens is 370 g/mol. The quantitative estimate of drug-likeness (QED) is 0.642. The highest BCUT2D eigenvalue weighted by Crippen LogP contribution is 2.23. The average molecular weight is 388 g/mol. The van der Waals surface area contributed by atoms with Crippen molar-refractivity contribution in [2.24, 2.45) is 0 Å². The molecule has 3 rings (SSSR count). The van der Waals surface area contributed by atoms with Crippen molar-refractivity contribution in [2.45, 2.75) is 24.9 Å². The van der Waals surface area contributed by atoms with Gasteiger partial charge in [0.1, 0.15) is 0 Å². The number of nitrogens with zero attached hydrogens (tertiary/aromatic N) is 4. The van der Waals surface area contributed by atoms with Gasteiger partial charge in [-0.3, -0.25) is 4.79 Å². The number of anilines is 1. The summed E-state index contributed by atoms with van der Waals surface area (Å²) in [4.78, 5) is 12.2. The maximum atomic E-state index is 12.2. The van der Waals surface area contributed by atoms with Gasteiger partial charge in [-0.15, -0.1) is 5.10 Å². The largest absolute Gasteiger partial charge is 0.324 e. The van der Waals surface area contributed by atoms with Crippen molar-refractivity contribution in [3.05, 3.63) is 59.1 Å². The normalized spacial score (nSPS) is 10.9. The fraction of sp³-hybridized carbons (Fsp3) is 0.222. The summed E-state index contributed by atoms with van der Waals surface area (Å²) in [6, 6.07) is 15.2. The lowest BCUT2D eigenvalue weighted by Gasteiger charge is -2.08. The Morgan fingerprint density at radius 3 is 2.62 bits per heavy atom. The van der Waals surface area contributed by atoms with Crippen LogP contribution >= 0.6 is 23.4 Å². The van der Waals surface area contributed by atoms with Gasteiger partial charge < -0.3 is 5.32 Å². The van der Waals surface area contributed by atoms with Crippen LogP contribution < -0.4 is 5.32 Å². The minimum atomic E-state index is -0.173. The maximum Gasteiger partial charge on any atom is 0.234 e. The number of benzene rings is 2. The Morgan fingerprint density at radius 1 is 1.19 bits per heavy atom. The number of aromatic nitrogens is 4.